The molecule has 0 radical (unpaired) electrons. The Morgan fingerprint density at radius 3 is 2.58 bits per heavy atom. The molecule has 0 unspecified atom stereocenters. The Bertz CT molecular complexity index is 699. The van der Waals surface area contributed by atoms with E-state index < -0.39 is 0 Å². The molecule has 26 heavy (non-hydrogen) atoms. The summed E-state index contributed by atoms with van der Waals surface area (Å²) in [5.41, 5.74) is 2.36. The van der Waals surface area contributed by atoms with Crippen LogP contribution < -0.4 is 10.6 Å². The van der Waals surface area contributed by atoms with E-state index in [9.17, 15) is 4.79 Å². The van der Waals surface area contributed by atoms with Crippen LogP contribution in [0.25, 0.3) is 0 Å². The smallest absolute Gasteiger partial charge is 0.241 e. The number of rotatable bonds is 7. The maximum absolute atomic E-state index is 11.8. The lowest BCUT2D eigenvalue weighted by molar-refractivity contribution is -0.127. The molecule has 0 aliphatic carbocycles. The fourth-order valence-electron chi connectivity index (χ4n) is 2.20. The summed E-state index contributed by atoms with van der Waals surface area (Å²) >= 11 is 0. The van der Waals surface area contributed by atoms with Gasteiger partial charge in [-0.3, -0.25) is 4.79 Å². The van der Waals surface area contributed by atoms with Gasteiger partial charge in [0, 0.05) is 27.1 Å². The van der Waals surface area contributed by atoms with E-state index in [1.165, 1.54) is 5.56 Å². The molecule has 2 aromatic rings. The number of benzene rings is 1. The van der Waals surface area contributed by atoms with Crippen LogP contribution in [0, 0.1) is 6.92 Å². The highest BCUT2D eigenvalue weighted by atomic mass is 127. The number of aliphatic imine (C=N–C) groups is 1. The van der Waals surface area contributed by atoms with Crippen LogP contribution >= 0.6 is 24.0 Å². The molecule has 0 bridgehead atoms. The van der Waals surface area contributed by atoms with Crippen molar-refractivity contribution in [3.63, 3.8) is 0 Å². The highest BCUT2D eigenvalue weighted by Crippen LogP contribution is 2.08. The lowest BCUT2D eigenvalue weighted by Crippen LogP contribution is -2.43. The van der Waals surface area contributed by atoms with Gasteiger partial charge in [-0.2, -0.15) is 0 Å². The number of guanidine groups is 1. The van der Waals surface area contributed by atoms with Crippen LogP contribution in [-0.2, 0) is 17.8 Å². The maximum Gasteiger partial charge on any atom is 0.241 e. The molecule has 2 rings (SSSR count). The minimum atomic E-state index is -0.00331. The molecule has 0 aliphatic heterocycles. The Balaban J connectivity index is 0.00000338. The minimum absolute atomic E-state index is 0. The minimum Gasteiger partial charge on any atom is -0.469 e. The Morgan fingerprint density at radius 1 is 1.15 bits per heavy atom. The van der Waals surface area contributed by atoms with E-state index >= 15 is 0 Å². The van der Waals surface area contributed by atoms with Gasteiger partial charge >= 0.3 is 0 Å². The second-order valence-electron chi connectivity index (χ2n) is 5.99. The first-order chi connectivity index (χ1) is 12.1. The van der Waals surface area contributed by atoms with Crippen molar-refractivity contribution in [3.8, 4) is 0 Å². The zero-order valence-electron chi connectivity index (χ0n) is 15.5. The molecule has 142 valence electrons. The fourth-order valence-corrected chi connectivity index (χ4v) is 2.20. The quantitative estimate of drug-likeness (QED) is 0.371. The Labute approximate surface area is 172 Å². The van der Waals surface area contributed by atoms with Gasteiger partial charge in [0.05, 0.1) is 19.4 Å². The van der Waals surface area contributed by atoms with E-state index in [-0.39, 0.29) is 36.4 Å². The van der Waals surface area contributed by atoms with Crippen molar-refractivity contribution in [2.75, 3.05) is 27.2 Å². The second-order valence-corrected chi connectivity index (χ2v) is 5.99. The summed E-state index contributed by atoms with van der Waals surface area (Å²) in [6.45, 7) is 3.49. The highest BCUT2D eigenvalue weighted by Gasteiger charge is 2.06. The molecule has 0 saturated carbocycles. The number of halogens is 1. The molecule has 7 heteroatoms. The van der Waals surface area contributed by atoms with E-state index in [1.54, 1.807) is 25.3 Å². The van der Waals surface area contributed by atoms with Crippen LogP contribution in [0.15, 0.2) is 52.1 Å². The topological polar surface area (TPSA) is 69.9 Å². The lowest BCUT2D eigenvalue weighted by atomic mass is 10.1. The van der Waals surface area contributed by atoms with Crippen LogP contribution in [0.4, 0.5) is 0 Å². The summed E-state index contributed by atoms with van der Waals surface area (Å²) in [6, 6.07) is 12.0. The van der Waals surface area contributed by atoms with Crippen molar-refractivity contribution in [2.45, 2.75) is 19.9 Å². The van der Waals surface area contributed by atoms with Gasteiger partial charge in [-0.05, 0) is 30.2 Å². The molecule has 2 N–H and O–H groups in total. The number of nitrogens with one attached hydrogen (secondary N) is 2. The normalized spacial score (nSPS) is 10.8. The van der Waals surface area contributed by atoms with E-state index in [2.05, 4.69) is 34.7 Å². The summed E-state index contributed by atoms with van der Waals surface area (Å²) in [6.07, 6.45) is 2.41. The Hall–Kier alpha value is -2.03. The van der Waals surface area contributed by atoms with Crippen molar-refractivity contribution in [1.82, 2.24) is 15.5 Å². The number of nitrogens with zero attached hydrogens (tertiary/aromatic N) is 2. The fraction of sp³-hybridized carbons (Fsp3) is 0.368. The molecule has 0 aliphatic rings. The van der Waals surface area contributed by atoms with Crippen molar-refractivity contribution in [1.29, 1.82) is 0 Å². The van der Waals surface area contributed by atoms with Crippen molar-refractivity contribution < 1.29 is 9.21 Å². The third-order valence-electron chi connectivity index (χ3n) is 3.82. The molecule has 1 heterocycles. The van der Waals surface area contributed by atoms with Crippen LogP contribution in [0.2, 0.25) is 0 Å². The van der Waals surface area contributed by atoms with Gasteiger partial charge < -0.3 is 20.0 Å². The molecule has 1 aromatic carbocycles. The third kappa shape index (κ3) is 7.47. The zero-order valence-corrected chi connectivity index (χ0v) is 17.8. The van der Waals surface area contributed by atoms with Crippen molar-refractivity contribution in [3.05, 3.63) is 59.5 Å². The van der Waals surface area contributed by atoms with Crippen molar-refractivity contribution in [2.24, 2.45) is 4.99 Å². The first-order valence-electron chi connectivity index (χ1n) is 8.35. The summed E-state index contributed by atoms with van der Waals surface area (Å²) in [4.78, 5) is 18.0. The first kappa shape index (κ1) is 22.0. The van der Waals surface area contributed by atoms with Crippen LogP contribution in [0.3, 0.4) is 0 Å². The van der Waals surface area contributed by atoms with E-state index in [0.29, 0.717) is 19.0 Å². The summed E-state index contributed by atoms with van der Waals surface area (Å²) in [5.74, 6) is 1.52. The Kier molecular flexibility index (Phi) is 9.79. The molecule has 0 atom stereocenters. The van der Waals surface area contributed by atoms with Crippen LogP contribution in [0.5, 0.6) is 0 Å². The first-order valence-corrected chi connectivity index (χ1v) is 8.35. The number of hydrogen-bond donors (Lipinski definition) is 2. The molecule has 0 fully saturated rings. The monoisotopic (exact) mass is 470 g/mol. The molecule has 1 amide bonds. The third-order valence-corrected chi connectivity index (χ3v) is 3.82. The van der Waals surface area contributed by atoms with Gasteiger partial charge in [-0.15, -0.1) is 24.0 Å². The van der Waals surface area contributed by atoms with Crippen molar-refractivity contribution >= 4 is 35.8 Å². The molecule has 0 spiro atoms. The molecule has 6 nitrogen and oxygen atoms in total. The van der Waals surface area contributed by atoms with Gasteiger partial charge in [-0.25, -0.2) is 4.99 Å². The Morgan fingerprint density at radius 2 is 1.92 bits per heavy atom. The summed E-state index contributed by atoms with van der Waals surface area (Å²) in [5, 5.41) is 6.34. The molecule has 1 aromatic heterocycles. The zero-order chi connectivity index (χ0) is 18.1. The predicted octanol–water partition coefficient (Wildman–Crippen LogP) is 2.57. The number of amides is 1. The number of carbonyl (C=O) groups is 1. The van der Waals surface area contributed by atoms with Gasteiger partial charge in [0.15, 0.2) is 5.96 Å². The van der Waals surface area contributed by atoms with E-state index in [1.807, 2.05) is 24.3 Å². The van der Waals surface area contributed by atoms with Crippen LogP contribution in [0.1, 0.15) is 16.9 Å². The summed E-state index contributed by atoms with van der Waals surface area (Å²) in [7, 11) is 3.47. The lowest BCUT2D eigenvalue weighted by Gasteiger charge is -2.15. The van der Waals surface area contributed by atoms with E-state index in [4.69, 9.17) is 4.42 Å². The molecular formula is C19H27IN4O2. The van der Waals surface area contributed by atoms with Gasteiger partial charge in [0.1, 0.15) is 5.76 Å². The number of hydrogen-bond acceptors (Lipinski definition) is 3. The highest BCUT2D eigenvalue weighted by molar-refractivity contribution is 14.0. The largest absolute Gasteiger partial charge is 0.469 e. The van der Waals surface area contributed by atoms with E-state index in [0.717, 1.165) is 17.7 Å². The molecule has 0 saturated heterocycles. The standard InChI is InChI=1S/C19H26N4O2.HI/c1-15-7-4-5-8-16(15)13-21-19(22-14-18(24)23(2)3)20-11-10-17-9-6-12-25-17;/h4-9,12H,10-11,13-14H2,1-3H3,(H2,20,21,22);1H. The number of aryl methyl sites for hydroxylation is 1. The number of carbonyl (C=O) groups excluding carboxylic acids is 1. The van der Waals surface area contributed by atoms with Crippen LogP contribution in [-0.4, -0.2) is 44.0 Å². The number of likely N-dealkylation sites (N-methyl/N-ethyl adjacent to an activating group) is 1. The second kappa shape index (κ2) is 11.6. The number of furan rings is 1. The summed E-state index contributed by atoms with van der Waals surface area (Å²) < 4.78 is 5.33. The predicted molar refractivity (Wildman–Crippen MR) is 115 cm³/mol. The van der Waals surface area contributed by atoms with Gasteiger partial charge in [0.2, 0.25) is 5.91 Å². The molecular weight excluding hydrogens is 443 g/mol. The maximum atomic E-state index is 11.8. The van der Waals surface area contributed by atoms with Gasteiger partial charge in [0.25, 0.3) is 0 Å². The SMILES string of the molecule is Cc1ccccc1CN=C(NCCc1ccco1)NCC(=O)N(C)C.I. The average Bonchev–Trinajstić information content (AvgIpc) is 3.11. The van der Waals surface area contributed by atoms with Gasteiger partial charge in [-0.1, -0.05) is 24.3 Å². The average molecular weight is 470 g/mol.